The molecule has 116 valence electrons. The van der Waals surface area contributed by atoms with Gasteiger partial charge < -0.3 is 0 Å². The summed E-state index contributed by atoms with van der Waals surface area (Å²) in [6, 6.07) is 4.67. The fourth-order valence-corrected chi connectivity index (χ4v) is 2.50. The molecule has 1 aromatic heterocycles. The molecule has 0 atom stereocenters. The van der Waals surface area contributed by atoms with Crippen molar-refractivity contribution >= 4 is 11.9 Å². The number of benzene rings is 1. The molecule has 1 aliphatic rings. The van der Waals surface area contributed by atoms with Crippen LogP contribution in [-0.2, 0) is 19.1 Å². The number of alkyl halides is 3. The number of nitrogens with one attached hydrogen (secondary N) is 1. The van der Waals surface area contributed by atoms with Gasteiger partial charge in [-0.1, -0.05) is 12.1 Å². The van der Waals surface area contributed by atoms with Gasteiger partial charge in [0.25, 0.3) is 5.91 Å². The van der Waals surface area contributed by atoms with Gasteiger partial charge in [-0.3, -0.25) is 14.7 Å². The van der Waals surface area contributed by atoms with Crippen molar-refractivity contribution in [3.8, 4) is 0 Å². The molecule has 2 heterocycles. The predicted octanol–water partition coefficient (Wildman–Crippen LogP) is 2.89. The number of nitrogens with zero attached hydrogens (tertiary/aromatic N) is 3. The first-order valence-electron chi connectivity index (χ1n) is 6.86. The molecule has 3 rings (SSSR count). The zero-order valence-electron chi connectivity index (χ0n) is 11.5. The third kappa shape index (κ3) is 2.68. The summed E-state index contributed by atoms with van der Waals surface area (Å²) in [5.74, 6) is 0.0935. The summed E-state index contributed by atoms with van der Waals surface area (Å²) in [6.45, 7) is 0.652. The minimum absolute atomic E-state index is 0.191. The van der Waals surface area contributed by atoms with Gasteiger partial charge in [-0.2, -0.15) is 13.2 Å². The predicted molar refractivity (Wildman–Crippen MR) is 72.4 cm³/mol. The van der Waals surface area contributed by atoms with E-state index in [2.05, 4.69) is 15.5 Å². The number of anilines is 1. The third-order valence-electron chi connectivity index (χ3n) is 3.56. The summed E-state index contributed by atoms with van der Waals surface area (Å²) in [5.41, 5.74) is -1.39. The van der Waals surface area contributed by atoms with Crippen LogP contribution in [0.2, 0.25) is 0 Å². The van der Waals surface area contributed by atoms with Crippen molar-refractivity contribution in [2.75, 3.05) is 5.32 Å². The number of hydrogen-bond acceptors (Lipinski definition) is 3. The molecular formula is C14H13F3N4O. The maximum atomic E-state index is 12.9. The maximum Gasteiger partial charge on any atom is 0.417 e. The van der Waals surface area contributed by atoms with Crippen molar-refractivity contribution in [2.24, 2.45) is 0 Å². The second-order valence-corrected chi connectivity index (χ2v) is 5.05. The molecule has 22 heavy (non-hydrogen) atoms. The molecular weight excluding hydrogens is 297 g/mol. The van der Waals surface area contributed by atoms with Crippen molar-refractivity contribution in [3.63, 3.8) is 0 Å². The van der Waals surface area contributed by atoms with Crippen LogP contribution in [0, 0.1) is 0 Å². The summed E-state index contributed by atoms with van der Waals surface area (Å²) in [5, 5.41) is 10.2. The van der Waals surface area contributed by atoms with Crippen LogP contribution in [0.1, 0.15) is 34.6 Å². The number of fused-ring (bicyclic) bond motifs is 1. The van der Waals surface area contributed by atoms with Crippen LogP contribution >= 0.6 is 0 Å². The molecule has 0 spiro atoms. The van der Waals surface area contributed by atoms with E-state index >= 15 is 0 Å². The third-order valence-corrected chi connectivity index (χ3v) is 3.56. The Labute approximate surface area is 124 Å². The van der Waals surface area contributed by atoms with E-state index in [1.165, 1.54) is 12.1 Å². The number of hydrogen-bond donors (Lipinski definition) is 1. The summed E-state index contributed by atoms with van der Waals surface area (Å²) in [4.78, 5) is 12.2. The van der Waals surface area contributed by atoms with Gasteiger partial charge in [0.1, 0.15) is 5.82 Å². The van der Waals surface area contributed by atoms with Crippen molar-refractivity contribution in [1.29, 1.82) is 0 Å². The highest BCUT2D eigenvalue weighted by molar-refractivity contribution is 6.04. The van der Waals surface area contributed by atoms with E-state index in [0.717, 1.165) is 37.2 Å². The zero-order chi connectivity index (χ0) is 15.7. The summed E-state index contributed by atoms with van der Waals surface area (Å²) < 4.78 is 40.6. The minimum atomic E-state index is -4.59. The van der Waals surface area contributed by atoms with Crippen LogP contribution in [-0.4, -0.2) is 20.7 Å². The van der Waals surface area contributed by atoms with Crippen molar-refractivity contribution in [1.82, 2.24) is 14.8 Å². The fraction of sp³-hybridized carbons (Fsp3) is 0.357. The largest absolute Gasteiger partial charge is 0.417 e. The second kappa shape index (κ2) is 5.43. The molecule has 0 fully saturated rings. The van der Waals surface area contributed by atoms with Gasteiger partial charge in [0, 0.05) is 13.0 Å². The molecule has 0 unspecified atom stereocenters. The Morgan fingerprint density at radius 3 is 2.73 bits per heavy atom. The van der Waals surface area contributed by atoms with Crippen LogP contribution in [0.15, 0.2) is 24.3 Å². The average molecular weight is 310 g/mol. The molecule has 0 bridgehead atoms. The Hall–Kier alpha value is -2.38. The number of amides is 1. The number of carbonyl (C=O) groups excluding carboxylic acids is 1. The number of carbonyl (C=O) groups is 1. The van der Waals surface area contributed by atoms with Crippen LogP contribution in [0.5, 0.6) is 0 Å². The van der Waals surface area contributed by atoms with Gasteiger partial charge in [-0.05, 0) is 25.0 Å². The summed E-state index contributed by atoms with van der Waals surface area (Å²) >= 11 is 0. The normalized spacial score (nSPS) is 14.5. The fourth-order valence-electron chi connectivity index (χ4n) is 2.50. The Balaban J connectivity index is 1.88. The highest BCUT2D eigenvalue weighted by atomic mass is 19.4. The Kier molecular flexibility index (Phi) is 3.59. The van der Waals surface area contributed by atoms with E-state index in [0.29, 0.717) is 6.54 Å². The Bertz CT molecular complexity index is 708. The van der Waals surface area contributed by atoms with Gasteiger partial charge in [-0.15, -0.1) is 10.2 Å². The number of aryl methyl sites for hydroxylation is 1. The highest BCUT2D eigenvalue weighted by Crippen LogP contribution is 2.32. The molecule has 5 nitrogen and oxygen atoms in total. The Morgan fingerprint density at radius 1 is 1.18 bits per heavy atom. The standard InChI is InChI=1S/C14H13F3N4O/c15-14(16,17)10-6-2-1-5-9(10)12(22)18-13-20-19-11-7-3-4-8-21(11)13/h1-2,5-6H,3-4,7-8H2,(H,18,20,22). The zero-order valence-corrected chi connectivity index (χ0v) is 11.5. The van der Waals surface area contributed by atoms with E-state index in [9.17, 15) is 18.0 Å². The smallest absolute Gasteiger partial charge is 0.297 e. The van der Waals surface area contributed by atoms with Crippen LogP contribution in [0.3, 0.4) is 0 Å². The topological polar surface area (TPSA) is 59.8 Å². The van der Waals surface area contributed by atoms with Crippen LogP contribution in [0.4, 0.5) is 19.1 Å². The molecule has 8 heteroatoms. The number of rotatable bonds is 2. The first-order chi connectivity index (χ1) is 10.5. The van der Waals surface area contributed by atoms with Gasteiger partial charge in [0.2, 0.25) is 5.95 Å². The number of aromatic nitrogens is 3. The Morgan fingerprint density at radius 2 is 1.95 bits per heavy atom. The highest BCUT2D eigenvalue weighted by Gasteiger charge is 2.35. The van der Waals surface area contributed by atoms with Crippen LogP contribution < -0.4 is 5.32 Å². The molecule has 1 N–H and O–H groups in total. The lowest BCUT2D eigenvalue weighted by molar-refractivity contribution is -0.137. The summed E-state index contributed by atoms with van der Waals surface area (Å²) in [7, 11) is 0. The number of halogens is 3. The van der Waals surface area contributed by atoms with Gasteiger partial charge in [0.15, 0.2) is 0 Å². The van der Waals surface area contributed by atoms with E-state index in [4.69, 9.17) is 0 Å². The van der Waals surface area contributed by atoms with Gasteiger partial charge >= 0.3 is 6.18 Å². The molecule has 0 aliphatic carbocycles. The SMILES string of the molecule is O=C(Nc1nnc2n1CCCC2)c1ccccc1C(F)(F)F. The molecule has 2 aromatic rings. The lowest BCUT2D eigenvalue weighted by Gasteiger charge is -2.16. The lowest BCUT2D eigenvalue weighted by Crippen LogP contribution is -2.21. The monoisotopic (exact) mass is 310 g/mol. The molecule has 0 saturated carbocycles. The van der Waals surface area contributed by atoms with E-state index in [1.54, 1.807) is 4.57 Å². The van der Waals surface area contributed by atoms with E-state index < -0.39 is 23.2 Å². The second-order valence-electron chi connectivity index (χ2n) is 5.05. The first-order valence-corrected chi connectivity index (χ1v) is 6.86. The van der Waals surface area contributed by atoms with Crippen molar-refractivity contribution in [3.05, 3.63) is 41.2 Å². The molecule has 0 radical (unpaired) electrons. The minimum Gasteiger partial charge on any atom is -0.297 e. The molecule has 1 aromatic carbocycles. The summed E-state index contributed by atoms with van der Waals surface area (Å²) in [6.07, 6.45) is -1.92. The van der Waals surface area contributed by atoms with E-state index in [-0.39, 0.29) is 5.95 Å². The maximum absolute atomic E-state index is 12.9. The van der Waals surface area contributed by atoms with Crippen molar-refractivity contribution in [2.45, 2.75) is 32.0 Å². The van der Waals surface area contributed by atoms with Gasteiger partial charge in [0.05, 0.1) is 11.1 Å². The molecule has 1 aliphatic heterocycles. The molecule has 1 amide bonds. The quantitative estimate of drug-likeness (QED) is 0.928. The average Bonchev–Trinajstić information content (AvgIpc) is 2.90. The van der Waals surface area contributed by atoms with Crippen LogP contribution in [0.25, 0.3) is 0 Å². The van der Waals surface area contributed by atoms with Gasteiger partial charge in [-0.25, -0.2) is 0 Å². The first kappa shape index (κ1) is 14.6. The molecule has 0 saturated heterocycles. The lowest BCUT2D eigenvalue weighted by atomic mass is 10.1. The van der Waals surface area contributed by atoms with E-state index in [1.807, 2.05) is 0 Å². The van der Waals surface area contributed by atoms with Crippen molar-refractivity contribution < 1.29 is 18.0 Å².